The summed E-state index contributed by atoms with van der Waals surface area (Å²) in [6, 6.07) is 9.93. The van der Waals surface area contributed by atoms with Crippen molar-refractivity contribution in [3.63, 3.8) is 0 Å². The molecule has 0 heterocycles. The topological polar surface area (TPSA) is 9.23 Å². The van der Waals surface area contributed by atoms with E-state index in [4.69, 9.17) is 4.74 Å². The molecule has 2 heteroatoms. The molecule has 0 atom stereocenters. The first-order valence-corrected chi connectivity index (χ1v) is 5.50. The molecular formula is C8H9OZn. The summed E-state index contributed by atoms with van der Waals surface area (Å²) in [5.74, 6) is 0.982. The standard InChI is InChI=1S/C8H9O.Zn/c1-2-9-8-6-4-3-5-7-8;/h3-7H,1-2H2;. The summed E-state index contributed by atoms with van der Waals surface area (Å²) < 4.78 is 5.39. The second-order valence-corrected chi connectivity index (χ2v) is 3.50. The van der Waals surface area contributed by atoms with Crippen LogP contribution in [0.15, 0.2) is 30.3 Å². The fourth-order valence-corrected chi connectivity index (χ4v) is 1.01. The van der Waals surface area contributed by atoms with Gasteiger partial charge in [0, 0.05) is 0 Å². The second kappa shape index (κ2) is 4.46. The van der Waals surface area contributed by atoms with Crippen LogP contribution in [0.2, 0.25) is 5.02 Å². The molecule has 0 aliphatic carbocycles. The third kappa shape index (κ3) is 2.49. The minimum absolute atomic E-state index is 0.865. The number of hydrogen-bond acceptors (Lipinski definition) is 1. The van der Waals surface area contributed by atoms with Gasteiger partial charge in [-0.2, -0.15) is 0 Å². The monoisotopic (exact) mass is 185 g/mol. The number of rotatable bonds is 3. The van der Waals surface area contributed by atoms with Crippen LogP contribution in [0.3, 0.4) is 0 Å². The first-order valence-electron chi connectivity index (χ1n) is 3.40. The van der Waals surface area contributed by atoms with E-state index in [1.165, 1.54) is 23.3 Å². The Kier molecular flexibility index (Phi) is 3.45. The number of ether oxygens (including phenoxy) is 1. The van der Waals surface area contributed by atoms with Crippen molar-refractivity contribution in [2.75, 3.05) is 6.61 Å². The van der Waals surface area contributed by atoms with E-state index in [-0.39, 0.29) is 0 Å². The fourth-order valence-electron chi connectivity index (χ4n) is 0.707. The summed E-state index contributed by atoms with van der Waals surface area (Å²) in [5, 5.41) is 1.19. The zero-order valence-corrected chi connectivity index (χ0v) is 8.88. The van der Waals surface area contributed by atoms with Crippen LogP contribution in [0.4, 0.5) is 0 Å². The maximum atomic E-state index is 5.39. The van der Waals surface area contributed by atoms with Crippen molar-refractivity contribution in [3.05, 3.63) is 30.3 Å². The molecule has 0 unspecified atom stereocenters. The molecular weight excluding hydrogens is 177 g/mol. The molecule has 0 aromatic heterocycles. The second-order valence-electron chi connectivity index (χ2n) is 2.02. The van der Waals surface area contributed by atoms with Crippen molar-refractivity contribution in [2.45, 2.75) is 5.02 Å². The Morgan fingerprint density at radius 2 is 1.90 bits per heavy atom. The van der Waals surface area contributed by atoms with Gasteiger partial charge in [-0.1, -0.05) is 0 Å². The molecule has 0 amide bonds. The molecule has 0 spiro atoms. The Labute approximate surface area is 71.1 Å². The molecule has 0 saturated heterocycles. The van der Waals surface area contributed by atoms with E-state index in [2.05, 4.69) is 0 Å². The quantitative estimate of drug-likeness (QED) is 0.657. The van der Waals surface area contributed by atoms with E-state index in [9.17, 15) is 0 Å². The molecule has 0 saturated carbocycles. The molecule has 0 aliphatic rings. The average molecular weight is 187 g/mol. The van der Waals surface area contributed by atoms with Crippen LogP contribution in [0.5, 0.6) is 5.75 Å². The van der Waals surface area contributed by atoms with Gasteiger partial charge in [0.1, 0.15) is 0 Å². The first-order chi connectivity index (χ1) is 4.93. The SMILES string of the molecule is [Zn][CH2]COc1ccccc1. The van der Waals surface area contributed by atoms with E-state index in [0.29, 0.717) is 0 Å². The van der Waals surface area contributed by atoms with Crippen LogP contribution < -0.4 is 4.74 Å². The molecule has 0 N–H and O–H groups in total. The van der Waals surface area contributed by atoms with Crippen molar-refractivity contribution < 1.29 is 23.0 Å². The van der Waals surface area contributed by atoms with Gasteiger partial charge in [-0.05, 0) is 0 Å². The van der Waals surface area contributed by atoms with Crippen molar-refractivity contribution in [1.29, 1.82) is 0 Å². The normalized spacial score (nSPS) is 9.40. The summed E-state index contributed by atoms with van der Waals surface area (Å²) in [5.41, 5.74) is 0. The molecule has 1 aromatic rings. The summed E-state index contributed by atoms with van der Waals surface area (Å²) in [6.45, 7) is 0.865. The number of benzene rings is 1. The van der Waals surface area contributed by atoms with E-state index >= 15 is 0 Å². The van der Waals surface area contributed by atoms with E-state index in [0.717, 1.165) is 12.4 Å². The van der Waals surface area contributed by atoms with Gasteiger partial charge < -0.3 is 0 Å². The molecule has 1 rings (SSSR count). The molecule has 1 nitrogen and oxygen atoms in total. The Balaban J connectivity index is 2.43. The fraction of sp³-hybridized carbons (Fsp3) is 0.250. The van der Waals surface area contributed by atoms with Crippen LogP contribution in [-0.2, 0) is 18.3 Å². The van der Waals surface area contributed by atoms with E-state index in [1.54, 1.807) is 0 Å². The molecule has 10 heavy (non-hydrogen) atoms. The Bertz CT molecular complexity index is 174. The summed E-state index contributed by atoms with van der Waals surface area (Å²) >= 11 is 1.31. The summed E-state index contributed by atoms with van der Waals surface area (Å²) in [7, 11) is 0. The van der Waals surface area contributed by atoms with Gasteiger partial charge in [0.15, 0.2) is 0 Å². The molecule has 0 radical (unpaired) electrons. The summed E-state index contributed by atoms with van der Waals surface area (Å²) in [6.07, 6.45) is 0. The van der Waals surface area contributed by atoms with Crippen molar-refractivity contribution in [1.82, 2.24) is 0 Å². The van der Waals surface area contributed by atoms with Crippen LogP contribution in [0.1, 0.15) is 0 Å². The zero-order chi connectivity index (χ0) is 7.23. The van der Waals surface area contributed by atoms with Gasteiger partial charge in [0.05, 0.1) is 0 Å². The maximum absolute atomic E-state index is 5.39. The summed E-state index contributed by atoms with van der Waals surface area (Å²) in [4.78, 5) is 0. The number of hydrogen-bond donors (Lipinski definition) is 0. The Hall–Kier alpha value is -0.357. The van der Waals surface area contributed by atoms with Gasteiger partial charge in [-0.3, -0.25) is 0 Å². The average Bonchev–Trinajstić information content (AvgIpc) is 2.03. The molecule has 0 bridgehead atoms. The van der Waals surface area contributed by atoms with Gasteiger partial charge in [-0.15, -0.1) is 0 Å². The molecule has 0 fully saturated rings. The van der Waals surface area contributed by atoms with Crippen LogP contribution in [0.25, 0.3) is 0 Å². The van der Waals surface area contributed by atoms with E-state index < -0.39 is 0 Å². The van der Waals surface area contributed by atoms with Gasteiger partial charge in [0.25, 0.3) is 0 Å². The van der Waals surface area contributed by atoms with Gasteiger partial charge in [-0.25, -0.2) is 0 Å². The Morgan fingerprint density at radius 3 is 2.50 bits per heavy atom. The predicted molar refractivity (Wildman–Crippen MR) is 36.7 cm³/mol. The third-order valence-electron chi connectivity index (χ3n) is 1.16. The van der Waals surface area contributed by atoms with Crippen molar-refractivity contribution in [3.8, 4) is 5.75 Å². The van der Waals surface area contributed by atoms with E-state index in [1.807, 2.05) is 30.3 Å². The van der Waals surface area contributed by atoms with Crippen LogP contribution in [-0.4, -0.2) is 6.61 Å². The van der Waals surface area contributed by atoms with Gasteiger partial charge in [0.2, 0.25) is 0 Å². The predicted octanol–water partition coefficient (Wildman–Crippen LogP) is 2.03. The Morgan fingerprint density at radius 1 is 1.20 bits per heavy atom. The number of para-hydroxylation sites is 1. The molecule has 0 aliphatic heterocycles. The first kappa shape index (κ1) is 7.75. The third-order valence-corrected chi connectivity index (χ3v) is 1.76. The van der Waals surface area contributed by atoms with Crippen LogP contribution >= 0.6 is 0 Å². The molecule has 49 valence electrons. The zero-order valence-electron chi connectivity index (χ0n) is 5.92. The molecule has 1 aromatic carbocycles. The van der Waals surface area contributed by atoms with Gasteiger partial charge >= 0.3 is 70.7 Å². The van der Waals surface area contributed by atoms with Crippen LogP contribution in [0, 0.1) is 0 Å². The minimum atomic E-state index is 0.865. The van der Waals surface area contributed by atoms with Crippen molar-refractivity contribution >= 4 is 0 Å². The van der Waals surface area contributed by atoms with Crippen molar-refractivity contribution in [2.24, 2.45) is 0 Å².